The van der Waals surface area contributed by atoms with Gasteiger partial charge in [0.25, 0.3) is 0 Å². The minimum absolute atomic E-state index is 0.479. The molecule has 0 aromatic carbocycles. The molecule has 0 radical (unpaired) electrons. The van der Waals surface area contributed by atoms with Crippen LogP contribution >= 0.6 is 0 Å². The lowest BCUT2D eigenvalue weighted by Crippen LogP contribution is -2.32. The lowest BCUT2D eigenvalue weighted by molar-refractivity contribution is -0.210. The first kappa shape index (κ1) is 26.4. The first-order chi connectivity index (χ1) is 11.5. The number of aliphatic hydroxyl groups is 1. The fourth-order valence-corrected chi connectivity index (χ4v) is 1.12. The molecule has 0 fully saturated rings. The third-order valence-corrected chi connectivity index (χ3v) is 2.09. The van der Waals surface area contributed by atoms with Crippen molar-refractivity contribution in [3.63, 3.8) is 0 Å². The van der Waals surface area contributed by atoms with Gasteiger partial charge in [-0.1, -0.05) is 0 Å². The van der Waals surface area contributed by atoms with Crippen LogP contribution in [0.4, 0.5) is 26.3 Å². The lowest BCUT2D eigenvalue weighted by atomic mass is 10.2. The number of carbonyl (C=O) groups excluding carboxylic acids is 3. The fourth-order valence-electron chi connectivity index (χ4n) is 1.12. The third kappa shape index (κ3) is 14.5. The number of alkyl halides is 6. The standard InChI is InChI=1S/C7H11F3O3.C7H9F3O3/c2*1-4(2)13-6(12)3-5(11)7(8,9)10/h4-5,11H,3H2,1-2H3;4H,3H2,1-2H3. The number of rotatable bonds is 6. The minimum atomic E-state index is -4.96. The summed E-state index contributed by atoms with van der Waals surface area (Å²) in [7, 11) is 0. The van der Waals surface area contributed by atoms with Gasteiger partial charge in [0, 0.05) is 0 Å². The van der Waals surface area contributed by atoms with Crippen LogP contribution in [0, 0.1) is 0 Å². The summed E-state index contributed by atoms with van der Waals surface area (Å²) in [6, 6.07) is 0. The van der Waals surface area contributed by atoms with Crippen molar-refractivity contribution in [1.29, 1.82) is 0 Å². The molecule has 154 valence electrons. The predicted molar refractivity (Wildman–Crippen MR) is 74.8 cm³/mol. The predicted octanol–water partition coefficient (Wildman–Crippen LogP) is 2.71. The van der Waals surface area contributed by atoms with Crippen LogP contribution in [0.5, 0.6) is 0 Å². The number of aliphatic hydroxyl groups excluding tert-OH is 1. The Morgan fingerprint density at radius 2 is 1.23 bits per heavy atom. The van der Waals surface area contributed by atoms with Crippen LogP contribution in [-0.4, -0.2) is 53.5 Å². The zero-order valence-corrected chi connectivity index (χ0v) is 14.4. The fraction of sp³-hybridized carbons (Fsp3) is 0.786. The van der Waals surface area contributed by atoms with Crippen molar-refractivity contribution in [2.24, 2.45) is 0 Å². The van der Waals surface area contributed by atoms with Crippen molar-refractivity contribution in [2.45, 2.75) is 71.2 Å². The summed E-state index contributed by atoms with van der Waals surface area (Å²) < 4.78 is 78.6. The number of hydrogen-bond acceptors (Lipinski definition) is 6. The number of carbonyl (C=O) groups is 3. The highest BCUT2D eigenvalue weighted by Crippen LogP contribution is 2.22. The van der Waals surface area contributed by atoms with E-state index >= 15 is 0 Å². The van der Waals surface area contributed by atoms with Crippen LogP contribution < -0.4 is 0 Å². The van der Waals surface area contributed by atoms with Gasteiger partial charge < -0.3 is 14.6 Å². The highest BCUT2D eigenvalue weighted by Gasteiger charge is 2.40. The SMILES string of the molecule is CC(C)OC(=O)CC(=O)C(F)(F)F.CC(C)OC(=O)CC(O)C(F)(F)F. The molecule has 0 amide bonds. The molecule has 26 heavy (non-hydrogen) atoms. The Morgan fingerprint density at radius 1 is 0.846 bits per heavy atom. The quantitative estimate of drug-likeness (QED) is 0.420. The van der Waals surface area contributed by atoms with Gasteiger partial charge in [-0.15, -0.1) is 0 Å². The first-order valence-corrected chi connectivity index (χ1v) is 7.20. The van der Waals surface area contributed by atoms with Gasteiger partial charge in [0.2, 0.25) is 5.78 Å². The smallest absolute Gasteiger partial charge is 0.450 e. The monoisotopic (exact) mass is 398 g/mol. The van der Waals surface area contributed by atoms with Crippen molar-refractivity contribution in [3.05, 3.63) is 0 Å². The maximum absolute atomic E-state index is 11.7. The minimum Gasteiger partial charge on any atom is -0.463 e. The van der Waals surface area contributed by atoms with Gasteiger partial charge in [0.05, 0.1) is 18.6 Å². The van der Waals surface area contributed by atoms with E-state index in [2.05, 4.69) is 9.47 Å². The van der Waals surface area contributed by atoms with Gasteiger partial charge in [0.15, 0.2) is 6.10 Å². The van der Waals surface area contributed by atoms with E-state index in [0.29, 0.717) is 0 Å². The van der Waals surface area contributed by atoms with Crippen LogP contribution in [-0.2, 0) is 23.9 Å². The second kappa shape index (κ2) is 11.0. The Kier molecular flexibility index (Phi) is 11.1. The van der Waals surface area contributed by atoms with Gasteiger partial charge in [-0.25, -0.2) is 0 Å². The van der Waals surface area contributed by atoms with E-state index in [9.17, 15) is 40.7 Å². The normalized spacial score (nSPS) is 13.0. The first-order valence-electron chi connectivity index (χ1n) is 7.20. The molecule has 0 aliphatic carbocycles. The second-order valence-electron chi connectivity index (χ2n) is 5.44. The maximum atomic E-state index is 11.7. The second-order valence-corrected chi connectivity index (χ2v) is 5.44. The van der Waals surface area contributed by atoms with Gasteiger partial charge in [-0.3, -0.25) is 14.4 Å². The molecule has 0 aromatic rings. The van der Waals surface area contributed by atoms with E-state index in [1.807, 2.05) is 0 Å². The van der Waals surface area contributed by atoms with E-state index in [-0.39, 0.29) is 0 Å². The number of esters is 2. The van der Waals surface area contributed by atoms with Crippen LogP contribution in [0.1, 0.15) is 40.5 Å². The van der Waals surface area contributed by atoms with Crippen LogP contribution in [0.15, 0.2) is 0 Å². The highest BCUT2D eigenvalue weighted by molar-refractivity contribution is 5.98. The van der Waals surface area contributed by atoms with E-state index in [1.165, 1.54) is 27.7 Å². The maximum Gasteiger partial charge on any atom is 0.450 e. The molecule has 0 saturated carbocycles. The molecule has 6 nitrogen and oxygen atoms in total. The van der Waals surface area contributed by atoms with E-state index in [1.54, 1.807) is 0 Å². The Bertz CT molecular complexity index is 470. The van der Waals surface area contributed by atoms with Gasteiger partial charge in [0.1, 0.15) is 6.42 Å². The van der Waals surface area contributed by atoms with Crippen molar-refractivity contribution in [1.82, 2.24) is 0 Å². The largest absolute Gasteiger partial charge is 0.463 e. The average Bonchev–Trinajstić information content (AvgIpc) is 2.34. The molecule has 0 saturated heterocycles. The van der Waals surface area contributed by atoms with E-state index in [4.69, 9.17) is 5.11 Å². The number of halogens is 6. The zero-order chi connectivity index (χ0) is 21.3. The molecule has 1 unspecified atom stereocenters. The molecule has 0 rings (SSSR count). The van der Waals surface area contributed by atoms with E-state index in [0.717, 1.165) is 0 Å². The van der Waals surface area contributed by atoms with Gasteiger partial charge in [-0.05, 0) is 27.7 Å². The molecule has 0 heterocycles. The Labute approximate surface area is 145 Å². The Morgan fingerprint density at radius 3 is 1.54 bits per heavy atom. The van der Waals surface area contributed by atoms with E-state index < -0.39 is 61.2 Å². The summed E-state index contributed by atoms with van der Waals surface area (Å²) >= 11 is 0. The van der Waals surface area contributed by atoms with Crippen LogP contribution in [0.25, 0.3) is 0 Å². The highest BCUT2D eigenvalue weighted by atomic mass is 19.4. The Balaban J connectivity index is 0. The summed E-state index contributed by atoms with van der Waals surface area (Å²) in [5.74, 6) is -4.30. The zero-order valence-electron chi connectivity index (χ0n) is 14.4. The summed E-state index contributed by atoms with van der Waals surface area (Å²) in [4.78, 5) is 31.4. The number of Topliss-reactive ketones (excluding diaryl/α,β-unsaturated/α-hetero) is 1. The summed E-state index contributed by atoms with van der Waals surface area (Å²) in [5, 5.41) is 8.44. The molecule has 1 N–H and O–H groups in total. The van der Waals surface area contributed by atoms with Gasteiger partial charge >= 0.3 is 24.3 Å². The third-order valence-electron chi connectivity index (χ3n) is 2.09. The van der Waals surface area contributed by atoms with Crippen molar-refractivity contribution in [2.75, 3.05) is 0 Å². The summed E-state index contributed by atoms with van der Waals surface area (Å²) in [5.41, 5.74) is 0. The number of ketones is 1. The number of hydrogen-bond donors (Lipinski definition) is 1. The van der Waals surface area contributed by atoms with Crippen LogP contribution in [0.3, 0.4) is 0 Å². The summed E-state index contributed by atoms with van der Waals surface area (Å²) in [6.07, 6.45) is -15.7. The molecule has 12 heteroatoms. The molecule has 0 bridgehead atoms. The van der Waals surface area contributed by atoms with Crippen molar-refractivity contribution < 1.29 is 55.3 Å². The number of ether oxygens (including phenoxy) is 2. The molecule has 0 aliphatic rings. The van der Waals surface area contributed by atoms with Gasteiger partial charge in [-0.2, -0.15) is 26.3 Å². The molecular formula is C14H20F6O6. The van der Waals surface area contributed by atoms with Crippen molar-refractivity contribution in [3.8, 4) is 0 Å². The van der Waals surface area contributed by atoms with Crippen LogP contribution in [0.2, 0.25) is 0 Å². The molecule has 0 aliphatic heterocycles. The molecular weight excluding hydrogens is 378 g/mol. The topological polar surface area (TPSA) is 89.9 Å². The Hall–Kier alpha value is -1.85. The molecule has 0 aromatic heterocycles. The molecule has 0 spiro atoms. The lowest BCUT2D eigenvalue weighted by Gasteiger charge is -2.14. The average molecular weight is 398 g/mol. The molecule has 1 atom stereocenters. The van der Waals surface area contributed by atoms with Crippen molar-refractivity contribution >= 4 is 17.7 Å². The summed E-state index contributed by atoms with van der Waals surface area (Å²) in [6.45, 7) is 5.99.